The van der Waals surface area contributed by atoms with Gasteiger partial charge in [0, 0.05) is 19.4 Å². The highest BCUT2D eigenvalue weighted by atomic mass is 16.6. The van der Waals surface area contributed by atoms with Crippen LogP contribution in [0.4, 0.5) is 0 Å². The van der Waals surface area contributed by atoms with Crippen LogP contribution in [-0.2, 0) is 23.8 Å². The van der Waals surface area contributed by atoms with Crippen LogP contribution in [0.15, 0.2) is 97.2 Å². The Morgan fingerprint density at radius 1 is 0.359 bits per heavy atom. The molecular weight excluding hydrogens is 789 g/mol. The molecule has 0 spiro atoms. The molecule has 5 nitrogen and oxygen atoms in total. The summed E-state index contributed by atoms with van der Waals surface area (Å²) in [6.07, 6.45) is 72.9. The van der Waals surface area contributed by atoms with Gasteiger partial charge in [-0.3, -0.25) is 9.59 Å². The lowest BCUT2D eigenvalue weighted by molar-refractivity contribution is -0.163. The minimum absolute atomic E-state index is 0.0523. The van der Waals surface area contributed by atoms with E-state index in [1.807, 2.05) is 0 Å². The average Bonchev–Trinajstić information content (AvgIpc) is 3.30. The van der Waals surface area contributed by atoms with Crippen molar-refractivity contribution in [1.82, 2.24) is 0 Å². The molecule has 0 radical (unpaired) electrons. The molecule has 0 saturated carbocycles. The van der Waals surface area contributed by atoms with E-state index in [0.717, 1.165) is 103 Å². The average molecular weight is 889 g/mol. The molecular formula is C59H100O5. The number of hydrogen-bond donors (Lipinski definition) is 0. The fourth-order valence-corrected chi connectivity index (χ4v) is 7.17. The third-order valence-corrected chi connectivity index (χ3v) is 11.1. The molecule has 366 valence electrons. The van der Waals surface area contributed by atoms with Crippen molar-refractivity contribution >= 4 is 11.9 Å². The number of esters is 2. The molecule has 0 saturated heterocycles. The Balaban J connectivity index is 4.36. The van der Waals surface area contributed by atoms with Gasteiger partial charge < -0.3 is 14.2 Å². The highest BCUT2D eigenvalue weighted by Crippen LogP contribution is 2.14. The predicted octanol–water partition coefficient (Wildman–Crippen LogP) is 18.2. The molecule has 1 unspecified atom stereocenters. The normalized spacial score (nSPS) is 13.0. The maximum atomic E-state index is 12.8. The van der Waals surface area contributed by atoms with Crippen molar-refractivity contribution in [2.75, 3.05) is 19.8 Å². The second-order valence-corrected chi connectivity index (χ2v) is 17.4. The second-order valence-electron chi connectivity index (χ2n) is 17.4. The number of carbonyl (C=O) groups excluding carboxylic acids is 2. The maximum absolute atomic E-state index is 12.8. The molecule has 0 aromatic heterocycles. The van der Waals surface area contributed by atoms with Crippen molar-refractivity contribution in [3.05, 3.63) is 97.2 Å². The first kappa shape index (κ1) is 60.8. The number of rotatable bonds is 48. The van der Waals surface area contributed by atoms with E-state index in [1.165, 1.54) is 103 Å². The molecule has 0 fully saturated rings. The van der Waals surface area contributed by atoms with Gasteiger partial charge in [0.1, 0.15) is 6.61 Å². The lowest BCUT2D eigenvalue weighted by atomic mass is 10.1. The zero-order valence-electron chi connectivity index (χ0n) is 42.0. The third-order valence-electron chi connectivity index (χ3n) is 11.1. The monoisotopic (exact) mass is 889 g/mol. The highest BCUT2D eigenvalue weighted by Gasteiger charge is 2.17. The van der Waals surface area contributed by atoms with Crippen LogP contribution in [0.25, 0.3) is 0 Å². The predicted molar refractivity (Wildman–Crippen MR) is 279 cm³/mol. The van der Waals surface area contributed by atoms with Gasteiger partial charge in [-0.25, -0.2) is 0 Å². The van der Waals surface area contributed by atoms with E-state index >= 15 is 0 Å². The first-order valence-electron chi connectivity index (χ1n) is 26.8. The SMILES string of the molecule is CC/C=C\C/C=C\C/C=C\C/C=C\CCCOCC(COC(=O)CCCCCCCCC/C=C\C/C=C\C/C=C\CC)OC(=O)CCCCCCCCC/C=C\CCCCCCCC. The van der Waals surface area contributed by atoms with Crippen molar-refractivity contribution in [1.29, 1.82) is 0 Å². The third kappa shape index (κ3) is 51.5. The van der Waals surface area contributed by atoms with Crippen LogP contribution in [0.3, 0.4) is 0 Å². The number of ether oxygens (including phenoxy) is 3. The van der Waals surface area contributed by atoms with Crippen LogP contribution in [0.1, 0.15) is 239 Å². The van der Waals surface area contributed by atoms with Gasteiger partial charge in [0.2, 0.25) is 0 Å². The van der Waals surface area contributed by atoms with E-state index in [0.29, 0.717) is 19.4 Å². The van der Waals surface area contributed by atoms with E-state index in [4.69, 9.17) is 14.2 Å². The van der Waals surface area contributed by atoms with Gasteiger partial charge in [-0.2, -0.15) is 0 Å². The second kappa shape index (κ2) is 54.2. The summed E-state index contributed by atoms with van der Waals surface area (Å²) < 4.78 is 17.3. The van der Waals surface area contributed by atoms with Crippen LogP contribution in [0, 0.1) is 0 Å². The largest absolute Gasteiger partial charge is 0.462 e. The first-order valence-corrected chi connectivity index (χ1v) is 26.8. The van der Waals surface area contributed by atoms with Crippen LogP contribution in [-0.4, -0.2) is 37.9 Å². The quantitative estimate of drug-likeness (QED) is 0.0346. The van der Waals surface area contributed by atoms with Crippen LogP contribution in [0.5, 0.6) is 0 Å². The van der Waals surface area contributed by atoms with Crippen molar-refractivity contribution in [3.8, 4) is 0 Å². The van der Waals surface area contributed by atoms with Gasteiger partial charge in [0.15, 0.2) is 6.10 Å². The summed E-state index contributed by atoms with van der Waals surface area (Å²) in [7, 11) is 0. The van der Waals surface area contributed by atoms with Crippen molar-refractivity contribution in [2.24, 2.45) is 0 Å². The summed E-state index contributed by atoms with van der Waals surface area (Å²) in [5.74, 6) is -0.444. The summed E-state index contributed by atoms with van der Waals surface area (Å²) in [4.78, 5) is 25.4. The van der Waals surface area contributed by atoms with Crippen LogP contribution >= 0.6 is 0 Å². The van der Waals surface area contributed by atoms with Gasteiger partial charge in [0.05, 0.1) is 6.61 Å². The van der Waals surface area contributed by atoms with Gasteiger partial charge >= 0.3 is 11.9 Å². The molecule has 0 aromatic rings. The van der Waals surface area contributed by atoms with Gasteiger partial charge in [-0.15, -0.1) is 0 Å². The number of allylic oxidation sites excluding steroid dienone is 16. The van der Waals surface area contributed by atoms with Crippen LogP contribution in [0.2, 0.25) is 0 Å². The Kier molecular flexibility index (Phi) is 51.5. The van der Waals surface area contributed by atoms with E-state index in [-0.39, 0.29) is 25.2 Å². The Bertz CT molecular complexity index is 1230. The molecule has 0 N–H and O–H groups in total. The van der Waals surface area contributed by atoms with Crippen molar-refractivity contribution in [2.45, 2.75) is 245 Å². The molecule has 0 rings (SSSR count). The minimum atomic E-state index is -0.576. The zero-order valence-corrected chi connectivity index (χ0v) is 42.0. The zero-order chi connectivity index (χ0) is 46.3. The first-order chi connectivity index (χ1) is 31.6. The van der Waals surface area contributed by atoms with E-state index in [1.54, 1.807) is 0 Å². The number of carbonyl (C=O) groups is 2. The molecule has 0 amide bonds. The maximum Gasteiger partial charge on any atom is 0.306 e. The van der Waals surface area contributed by atoms with E-state index < -0.39 is 6.10 Å². The molecule has 1 atom stereocenters. The Morgan fingerprint density at radius 2 is 0.703 bits per heavy atom. The van der Waals surface area contributed by atoms with E-state index in [2.05, 4.69) is 118 Å². The Morgan fingerprint density at radius 3 is 1.14 bits per heavy atom. The molecule has 0 heterocycles. The number of hydrogen-bond acceptors (Lipinski definition) is 5. The summed E-state index contributed by atoms with van der Waals surface area (Å²) >= 11 is 0. The van der Waals surface area contributed by atoms with Gasteiger partial charge in [-0.1, -0.05) is 214 Å². The minimum Gasteiger partial charge on any atom is -0.462 e. The Labute approximate surface area is 396 Å². The van der Waals surface area contributed by atoms with E-state index in [9.17, 15) is 9.59 Å². The molecule has 0 aliphatic heterocycles. The van der Waals surface area contributed by atoms with Gasteiger partial charge in [0.25, 0.3) is 0 Å². The molecule has 64 heavy (non-hydrogen) atoms. The molecule has 0 aromatic carbocycles. The standard InChI is InChI=1S/C59H100O5/c1-4-7-10-13-16-19-22-25-28-30-32-34-37-40-43-46-49-52-58(60)63-56-57(55-62-54-51-48-45-42-39-36-27-24-21-18-15-12-9-6-3)64-59(61)53-50-47-44-41-38-35-33-31-29-26-23-20-17-14-11-8-5-2/h7,9-10,12,16,18-19,21,25-29,36,42,45,57H,4-6,8,11,13-15,17,20,22-24,30-35,37-41,43-44,46-56H2,1-3H3/b10-7-,12-9-,19-16-,21-18-,28-25-,29-26-,36-27-,45-42-. The molecule has 0 aliphatic rings. The lowest BCUT2D eigenvalue weighted by Crippen LogP contribution is -2.30. The summed E-state index contributed by atoms with van der Waals surface area (Å²) in [5.41, 5.74) is 0. The van der Waals surface area contributed by atoms with Gasteiger partial charge in [-0.05, 0) is 109 Å². The van der Waals surface area contributed by atoms with Crippen molar-refractivity contribution in [3.63, 3.8) is 0 Å². The lowest BCUT2D eigenvalue weighted by Gasteiger charge is -2.18. The number of unbranched alkanes of at least 4 members (excludes halogenated alkanes) is 21. The summed E-state index contributed by atoms with van der Waals surface area (Å²) in [6, 6.07) is 0. The summed E-state index contributed by atoms with van der Waals surface area (Å²) in [5, 5.41) is 0. The highest BCUT2D eigenvalue weighted by molar-refractivity contribution is 5.70. The smallest absolute Gasteiger partial charge is 0.306 e. The summed E-state index contributed by atoms with van der Waals surface area (Å²) in [6.45, 7) is 7.45. The Hall–Kier alpha value is -3.18. The van der Waals surface area contributed by atoms with Crippen molar-refractivity contribution < 1.29 is 23.8 Å². The fourth-order valence-electron chi connectivity index (χ4n) is 7.17. The molecule has 0 aliphatic carbocycles. The van der Waals surface area contributed by atoms with Crippen LogP contribution < -0.4 is 0 Å². The molecule has 0 bridgehead atoms. The fraction of sp³-hybridized carbons (Fsp3) is 0.695. The molecule has 5 heteroatoms. The topological polar surface area (TPSA) is 61.8 Å².